The Morgan fingerprint density at radius 3 is 2.53 bits per heavy atom. The smallest absolute Gasteiger partial charge is 0.326 e. The Labute approximate surface area is 206 Å². The Kier molecular flexibility index (Phi) is 5.94. The summed E-state index contributed by atoms with van der Waals surface area (Å²) in [6.45, 7) is 6.09. The Morgan fingerprint density at radius 1 is 1.12 bits per heavy atom. The summed E-state index contributed by atoms with van der Waals surface area (Å²) in [6, 6.07) is 10.6. The number of benzene rings is 2. The SMILES string of the molecule is CC12CCC(C(=O)Nc3cccc(Cl)c3)(CC1=NOC(=O)c1ccc(Cl)c([N+](=O)[O-])c1)C2(C)C. The van der Waals surface area contributed by atoms with Crippen LogP contribution in [0.3, 0.4) is 0 Å². The van der Waals surface area contributed by atoms with Crippen LogP contribution in [0.25, 0.3) is 0 Å². The van der Waals surface area contributed by atoms with Crippen molar-refractivity contribution in [2.45, 2.75) is 40.0 Å². The lowest BCUT2D eigenvalue weighted by molar-refractivity contribution is -0.384. The van der Waals surface area contributed by atoms with Crippen LogP contribution in [0.4, 0.5) is 11.4 Å². The summed E-state index contributed by atoms with van der Waals surface area (Å²) in [5.41, 5.74) is -0.888. The topological polar surface area (TPSA) is 111 Å². The first kappa shape index (κ1) is 24.2. The van der Waals surface area contributed by atoms with Crippen molar-refractivity contribution in [3.8, 4) is 0 Å². The molecule has 2 aliphatic rings. The van der Waals surface area contributed by atoms with Crippen LogP contribution in [0, 0.1) is 26.4 Å². The minimum absolute atomic E-state index is 0.0403. The molecule has 4 rings (SSSR count). The van der Waals surface area contributed by atoms with Gasteiger partial charge in [0.25, 0.3) is 5.69 Å². The molecule has 2 aromatic carbocycles. The molecular weight excluding hydrogens is 481 g/mol. The van der Waals surface area contributed by atoms with E-state index in [1.54, 1.807) is 24.3 Å². The molecule has 2 unspecified atom stereocenters. The maximum absolute atomic E-state index is 13.5. The van der Waals surface area contributed by atoms with Crippen LogP contribution in [0.15, 0.2) is 47.6 Å². The van der Waals surface area contributed by atoms with Crippen LogP contribution >= 0.6 is 23.2 Å². The third-order valence-electron chi connectivity index (χ3n) is 7.87. The van der Waals surface area contributed by atoms with Gasteiger partial charge in [-0.3, -0.25) is 14.9 Å². The molecule has 10 heteroatoms. The van der Waals surface area contributed by atoms with E-state index in [9.17, 15) is 19.7 Å². The number of nitrogens with zero attached hydrogens (tertiary/aromatic N) is 2. The molecule has 0 aromatic heterocycles. The molecule has 0 heterocycles. The van der Waals surface area contributed by atoms with Crippen LogP contribution in [0.1, 0.15) is 50.4 Å². The van der Waals surface area contributed by atoms with Gasteiger partial charge in [0.1, 0.15) is 5.02 Å². The maximum Gasteiger partial charge on any atom is 0.365 e. The molecule has 0 spiro atoms. The molecule has 2 atom stereocenters. The third-order valence-corrected chi connectivity index (χ3v) is 8.42. The number of hydrogen-bond acceptors (Lipinski definition) is 6. The van der Waals surface area contributed by atoms with Crippen molar-refractivity contribution in [3.05, 3.63) is 68.2 Å². The van der Waals surface area contributed by atoms with E-state index in [1.165, 1.54) is 12.1 Å². The van der Waals surface area contributed by atoms with Gasteiger partial charge in [0.05, 0.1) is 21.6 Å². The number of carbonyl (C=O) groups is 2. The Hall–Kier alpha value is -2.97. The molecule has 2 saturated carbocycles. The fourth-order valence-electron chi connectivity index (χ4n) is 5.27. The van der Waals surface area contributed by atoms with Gasteiger partial charge in [0.15, 0.2) is 0 Å². The summed E-state index contributed by atoms with van der Waals surface area (Å²) in [5, 5.41) is 18.7. The largest absolute Gasteiger partial charge is 0.365 e. The van der Waals surface area contributed by atoms with Gasteiger partial charge in [0.2, 0.25) is 5.91 Å². The first-order chi connectivity index (χ1) is 15.9. The summed E-state index contributed by atoms with van der Waals surface area (Å²) in [6.07, 6.45) is 1.70. The number of fused-ring (bicyclic) bond motifs is 2. The van der Waals surface area contributed by atoms with E-state index in [0.29, 0.717) is 35.7 Å². The van der Waals surface area contributed by atoms with Crippen LogP contribution in [0.5, 0.6) is 0 Å². The second-order valence-corrected chi connectivity index (χ2v) is 10.4. The number of nitro benzene ring substituents is 1. The maximum atomic E-state index is 13.5. The number of oxime groups is 1. The average Bonchev–Trinajstić information content (AvgIpc) is 3.08. The summed E-state index contributed by atoms with van der Waals surface area (Å²) in [7, 11) is 0. The lowest BCUT2D eigenvalue weighted by atomic mass is 9.64. The number of hydrogen-bond donors (Lipinski definition) is 1. The molecule has 2 fully saturated rings. The molecule has 2 bridgehead atoms. The second kappa shape index (κ2) is 8.36. The minimum atomic E-state index is -0.839. The highest BCUT2D eigenvalue weighted by Gasteiger charge is 2.71. The number of rotatable bonds is 5. The second-order valence-electron chi connectivity index (χ2n) is 9.52. The quantitative estimate of drug-likeness (QED) is 0.293. The fraction of sp³-hybridized carbons (Fsp3) is 0.375. The number of anilines is 1. The number of halogens is 2. The fourth-order valence-corrected chi connectivity index (χ4v) is 5.65. The molecule has 1 N–H and O–H groups in total. The molecule has 0 aliphatic heterocycles. The predicted octanol–water partition coefficient (Wildman–Crippen LogP) is 6.27. The van der Waals surface area contributed by atoms with Gasteiger partial charge in [-0.05, 0) is 48.6 Å². The van der Waals surface area contributed by atoms with Gasteiger partial charge in [-0.15, -0.1) is 0 Å². The lowest BCUT2D eigenvalue weighted by Crippen LogP contribution is -2.43. The van der Waals surface area contributed by atoms with E-state index in [4.69, 9.17) is 28.0 Å². The molecule has 8 nitrogen and oxygen atoms in total. The van der Waals surface area contributed by atoms with Crippen molar-refractivity contribution in [3.63, 3.8) is 0 Å². The van der Waals surface area contributed by atoms with Crippen LogP contribution < -0.4 is 5.32 Å². The van der Waals surface area contributed by atoms with Crippen molar-refractivity contribution in [2.75, 3.05) is 5.32 Å². The third kappa shape index (κ3) is 3.65. The predicted molar refractivity (Wildman–Crippen MR) is 129 cm³/mol. The Balaban J connectivity index is 1.59. The Morgan fingerprint density at radius 2 is 1.85 bits per heavy atom. The van der Waals surface area contributed by atoms with Crippen molar-refractivity contribution in [2.24, 2.45) is 21.4 Å². The van der Waals surface area contributed by atoms with E-state index in [0.717, 1.165) is 6.07 Å². The van der Waals surface area contributed by atoms with E-state index >= 15 is 0 Å². The zero-order chi connectivity index (χ0) is 24.9. The summed E-state index contributed by atoms with van der Waals surface area (Å²) in [5.74, 6) is -0.970. The normalized spacial score (nSPS) is 25.9. The number of amides is 1. The molecule has 1 amide bonds. The van der Waals surface area contributed by atoms with Crippen LogP contribution in [0.2, 0.25) is 10.0 Å². The van der Waals surface area contributed by atoms with Gasteiger partial charge < -0.3 is 10.2 Å². The number of nitro groups is 1. The van der Waals surface area contributed by atoms with Gasteiger partial charge in [0, 0.05) is 28.6 Å². The average molecular weight is 504 g/mol. The van der Waals surface area contributed by atoms with E-state index in [1.807, 2.05) is 20.8 Å². The molecule has 0 radical (unpaired) electrons. The zero-order valence-corrected chi connectivity index (χ0v) is 20.4. The first-order valence-electron chi connectivity index (χ1n) is 10.7. The van der Waals surface area contributed by atoms with Gasteiger partial charge in [-0.1, -0.05) is 55.2 Å². The highest BCUT2D eigenvalue weighted by atomic mass is 35.5. The van der Waals surface area contributed by atoms with Crippen LogP contribution in [-0.2, 0) is 9.63 Å². The lowest BCUT2D eigenvalue weighted by Gasteiger charge is -2.39. The monoisotopic (exact) mass is 503 g/mol. The minimum Gasteiger partial charge on any atom is -0.326 e. The van der Waals surface area contributed by atoms with Crippen LogP contribution in [-0.4, -0.2) is 22.5 Å². The van der Waals surface area contributed by atoms with Crippen molar-refractivity contribution >= 4 is 52.2 Å². The number of carbonyl (C=O) groups excluding carboxylic acids is 2. The molecule has 34 heavy (non-hydrogen) atoms. The van der Waals surface area contributed by atoms with Gasteiger partial charge in [-0.25, -0.2) is 4.79 Å². The molecule has 178 valence electrons. The van der Waals surface area contributed by atoms with Crippen molar-refractivity contribution < 1.29 is 19.3 Å². The standard InChI is InChI=1S/C24H23Cl2N3O5/c1-22(2)23(3)9-10-24(22,21(31)27-16-6-4-5-15(25)12-16)13-19(23)28-34-20(30)14-7-8-17(26)18(11-14)29(32)33/h4-8,11-12H,9-10,13H2,1-3H3,(H,27,31). The summed E-state index contributed by atoms with van der Waals surface area (Å²) >= 11 is 11.9. The molecule has 2 aliphatic carbocycles. The van der Waals surface area contributed by atoms with Crippen molar-refractivity contribution in [1.82, 2.24) is 0 Å². The highest BCUT2D eigenvalue weighted by molar-refractivity contribution is 6.32. The Bertz CT molecular complexity index is 1240. The van der Waals surface area contributed by atoms with E-state index in [2.05, 4.69) is 10.5 Å². The van der Waals surface area contributed by atoms with Gasteiger partial charge in [-0.2, -0.15) is 0 Å². The molecule has 2 aromatic rings. The number of nitrogens with one attached hydrogen (secondary N) is 1. The van der Waals surface area contributed by atoms with Crippen molar-refractivity contribution in [1.29, 1.82) is 0 Å². The van der Waals surface area contributed by atoms with E-state index in [-0.39, 0.29) is 16.5 Å². The van der Waals surface area contributed by atoms with Gasteiger partial charge >= 0.3 is 5.97 Å². The zero-order valence-electron chi connectivity index (χ0n) is 18.9. The summed E-state index contributed by atoms with van der Waals surface area (Å²) < 4.78 is 0. The molecular formula is C24H23Cl2N3O5. The molecule has 0 saturated heterocycles. The first-order valence-corrected chi connectivity index (χ1v) is 11.5. The highest BCUT2D eigenvalue weighted by Crippen LogP contribution is 2.71. The summed E-state index contributed by atoms with van der Waals surface area (Å²) in [4.78, 5) is 41.7. The van der Waals surface area contributed by atoms with E-state index < -0.39 is 32.8 Å².